The topological polar surface area (TPSA) is 51.4 Å². The van der Waals surface area contributed by atoms with E-state index in [9.17, 15) is 4.79 Å². The van der Waals surface area contributed by atoms with Gasteiger partial charge in [-0.2, -0.15) is 0 Å². The van der Waals surface area contributed by atoms with Crippen molar-refractivity contribution in [1.82, 2.24) is 0 Å². The Hall–Kier alpha value is -0.610. The molecule has 2 saturated heterocycles. The first-order chi connectivity index (χ1) is 10.8. The van der Waals surface area contributed by atoms with E-state index in [1.165, 1.54) is 25.7 Å². The lowest BCUT2D eigenvalue weighted by Gasteiger charge is -2.21. The lowest BCUT2D eigenvalue weighted by atomic mass is 9.90. The van der Waals surface area contributed by atoms with Gasteiger partial charge in [0.1, 0.15) is 0 Å². The molecule has 4 aliphatic rings. The van der Waals surface area contributed by atoms with Crippen molar-refractivity contribution in [3.63, 3.8) is 0 Å². The summed E-state index contributed by atoms with van der Waals surface area (Å²) in [6, 6.07) is 0. The van der Waals surface area contributed by atoms with Crippen LogP contribution in [0, 0.1) is 11.8 Å². The Kier molecular flexibility index (Phi) is 4.40. The molecule has 0 radical (unpaired) electrons. The van der Waals surface area contributed by atoms with E-state index in [1.807, 2.05) is 0 Å². The molecule has 2 heterocycles. The van der Waals surface area contributed by atoms with E-state index in [4.69, 9.17) is 14.2 Å². The number of hydrogen-bond donors (Lipinski definition) is 0. The van der Waals surface area contributed by atoms with E-state index in [0.717, 1.165) is 38.5 Å². The highest BCUT2D eigenvalue weighted by molar-refractivity contribution is 5.72. The molecule has 0 aromatic rings. The van der Waals surface area contributed by atoms with E-state index >= 15 is 0 Å². The Morgan fingerprint density at radius 1 is 0.818 bits per heavy atom. The van der Waals surface area contributed by atoms with Crippen LogP contribution in [0.5, 0.6) is 0 Å². The quantitative estimate of drug-likeness (QED) is 0.593. The van der Waals surface area contributed by atoms with Crippen LogP contribution in [0.1, 0.15) is 64.2 Å². The maximum absolute atomic E-state index is 12.5. The van der Waals surface area contributed by atoms with E-state index in [2.05, 4.69) is 0 Å². The average molecular weight is 308 g/mol. The van der Waals surface area contributed by atoms with Gasteiger partial charge < -0.3 is 14.2 Å². The monoisotopic (exact) mass is 308 g/mol. The first-order valence-corrected chi connectivity index (χ1v) is 9.27. The fourth-order valence-electron chi connectivity index (χ4n) is 4.30. The molecule has 2 saturated carbocycles. The van der Waals surface area contributed by atoms with Crippen molar-refractivity contribution in [2.45, 2.75) is 88.6 Å². The minimum absolute atomic E-state index is 0.0219. The minimum atomic E-state index is 0.0219. The fourth-order valence-corrected chi connectivity index (χ4v) is 4.30. The molecular weight excluding hydrogens is 280 g/mol. The number of fused-ring (bicyclic) bond motifs is 2. The average Bonchev–Trinajstić information content (AvgIpc) is 3.42. The predicted molar refractivity (Wildman–Crippen MR) is 81.4 cm³/mol. The summed E-state index contributed by atoms with van der Waals surface area (Å²) < 4.78 is 16.9. The van der Waals surface area contributed by atoms with Gasteiger partial charge in [0, 0.05) is 0 Å². The Balaban J connectivity index is 1.24. The first kappa shape index (κ1) is 14.9. The Morgan fingerprint density at radius 2 is 1.55 bits per heavy atom. The number of carbonyl (C=O) groups excluding carboxylic acids is 1. The molecule has 4 nitrogen and oxygen atoms in total. The van der Waals surface area contributed by atoms with Crippen LogP contribution in [0.4, 0.5) is 0 Å². The first-order valence-electron chi connectivity index (χ1n) is 9.27. The summed E-state index contributed by atoms with van der Waals surface area (Å²) >= 11 is 0. The molecule has 4 fully saturated rings. The number of epoxide rings is 2. The third kappa shape index (κ3) is 3.65. The van der Waals surface area contributed by atoms with Gasteiger partial charge in [0.25, 0.3) is 0 Å². The van der Waals surface area contributed by atoms with Crippen molar-refractivity contribution in [3.05, 3.63) is 0 Å². The highest BCUT2D eigenvalue weighted by Crippen LogP contribution is 2.40. The summed E-state index contributed by atoms with van der Waals surface area (Å²) in [6.45, 7) is 0.594. The van der Waals surface area contributed by atoms with Gasteiger partial charge >= 0.3 is 5.97 Å². The number of hydrogen-bond acceptors (Lipinski definition) is 4. The molecule has 0 amide bonds. The van der Waals surface area contributed by atoms with Crippen molar-refractivity contribution in [2.24, 2.45) is 11.8 Å². The molecule has 124 valence electrons. The molecule has 2 aliphatic carbocycles. The molecule has 6 unspecified atom stereocenters. The molecule has 2 aliphatic heterocycles. The van der Waals surface area contributed by atoms with Crippen LogP contribution >= 0.6 is 0 Å². The SMILES string of the molecule is O=C(OCC1CCC2OC2C1)C1CCCCCCC2OC2C1. The summed E-state index contributed by atoms with van der Waals surface area (Å²) in [7, 11) is 0. The normalized spacial score (nSPS) is 44.4. The minimum Gasteiger partial charge on any atom is -0.465 e. The lowest BCUT2D eigenvalue weighted by Crippen LogP contribution is -2.25. The second-order valence-electron chi connectivity index (χ2n) is 7.66. The third-order valence-electron chi connectivity index (χ3n) is 5.90. The molecule has 0 spiro atoms. The lowest BCUT2D eigenvalue weighted by molar-refractivity contribution is -0.151. The zero-order valence-corrected chi connectivity index (χ0v) is 13.4. The summed E-state index contributed by atoms with van der Waals surface area (Å²) in [5.41, 5.74) is 0. The highest BCUT2D eigenvalue weighted by Gasteiger charge is 2.44. The molecule has 4 rings (SSSR count). The van der Waals surface area contributed by atoms with Crippen LogP contribution < -0.4 is 0 Å². The maximum atomic E-state index is 12.5. The van der Waals surface area contributed by atoms with E-state index in [-0.39, 0.29) is 11.9 Å². The molecule has 4 heteroatoms. The van der Waals surface area contributed by atoms with E-state index < -0.39 is 0 Å². The molecule has 0 N–H and O–H groups in total. The van der Waals surface area contributed by atoms with Crippen molar-refractivity contribution in [1.29, 1.82) is 0 Å². The number of ether oxygens (including phenoxy) is 3. The van der Waals surface area contributed by atoms with Gasteiger partial charge in [0.15, 0.2) is 0 Å². The standard InChI is InChI=1S/C18H28O4/c19-18(20-11-12-7-8-15-16(9-12)22-15)13-5-3-1-2-4-6-14-17(10-13)21-14/h12-17H,1-11H2. The largest absolute Gasteiger partial charge is 0.465 e. The second-order valence-corrected chi connectivity index (χ2v) is 7.66. The summed E-state index contributed by atoms with van der Waals surface area (Å²) in [4.78, 5) is 12.5. The van der Waals surface area contributed by atoms with Gasteiger partial charge in [-0.25, -0.2) is 0 Å². The number of carbonyl (C=O) groups is 1. The van der Waals surface area contributed by atoms with Crippen LogP contribution in [0.25, 0.3) is 0 Å². The Morgan fingerprint density at radius 3 is 2.36 bits per heavy atom. The predicted octanol–water partition coefficient (Wildman–Crippen LogP) is 3.23. The van der Waals surface area contributed by atoms with Crippen molar-refractivity contribution < 1.29 is 19.0 Å². The highest BCUT2D eigenvalue weighted by atomic mass is 16.6. The third-order valence-corrected chi connectivity index (χ3v) is 5.90. The summed E-state index contributed by atoms with van der Waals surface area (Å²) in [5.74, 6) is 0.590. The second kappa shape index (κ2) is 6.48. The number of esters is 1. The van der Waals surface area contributed by atoms with E-state index in [0.29, 0.717) is 36.9 Å². The molecular formula is C18H28O4. The Labute approximate surface area is 132 Å². The zero-order valence-electron chi connectivity index (χ0n) is 13.4. The van der Waals surface area contributed by atoms with Crippen LogP contribution in [0.3, 0.4) is 0 Å². The van der Waals surface area contributed by atoms with Gasteiger partial charge in [-0.3, -0.25) is 4.79 Å². The fraction of sp³-hybridized carbons (Fsp3) is 0.944. The van der Waals surface area contributed by atoms with Gasteiger partial charge in [-0.1, -0.05) is 25.7 Å². The van der Waals surface area contributed by atoms with Crippen LogP contribution in [0.2, 0.25) is 0 Å². The van der Waals surface area contributed by atoms with Gasteiger partial charge in [-0.05, 0) is 44.4 Å². The van der Waals surface area contributed by atoms with Crippen LogP contribution in [-0.2, 0) is 19.0 Å². The zero-order chi connectivity index (χ0) is 14.9. The van der Waals surface area contributed by atoms with E-state index in [1.54, 1.807) is 0 Å². The van der Waals surface area contributed by atoms with Crippen molar-refractivity contribution >= 4 is 5.97 Å². The molecule has 0 aromatic carbocycles. The smallest absolute Gasteiger partial charge is 0.309 e. The van der Waals surface area contributed by atoms with Crippen molar-refractivity contribution in [2.75, 3.05) is 6.61 Å². The van der Waals surface area contributed by atoms with Gasteiger partial charge in [0.2, 0.25) is 0 Å². The molecule has 6 atom stereocenters. The molecule has 0 aromatic heterocycles. The van der Waals surface area contributed by atoms with Crippen LogP contribution in [-0.4, -0.2) is 37.0 Å². The number of rotatable bonds is 3. The van der Waals surface area contributed by atoms with Gasteiger partial charge in [0.05, 0.1) is 36.9 Å². The summed E-state index contributed by atoms with van der Waals surface area (Å²) in [6.07, 6.45) is 13.1. The summed E-state index contributed by atoms with van der Waals surface area (Å²) in [5, 5.41) is 0. The maximum Gasteiger partial charge on any atom is 0.309 e. The van der Waals surface area contributed by atoms with Gasteiger partial charge in [-0.15, -0.1) is 0 Å². The van der Waals surface area contributed by atoms with Crippen molar-refractivity contribution in [3.8, 4) is 0 Å². The van der Waals surface area contributed by atoms with Crippen LogP contribution in [0.15, 0.2) is 0 Å². The molecule has 22 heavy (non-hydrogen) atoms. The molecule has 0 bridgehead atoms. The Bertz CT molecular complexity index is 410.